The zero-order valence-electron chi connectivity index (χ0n) is 72.3. The molecule has 11 N–H and O–H groups in total. The Balaban J connectivity index is 1.47. The molecule has 9 amide bonds. The molecule has 3 aliphatic heterocycles. The summed E-state index contributed by atoms with van der Waals surface area (Å²) in [5.41, 5.74) is 5.39. The summed E-state index contributed by atoms with van der Waals surface area (Å²) in [5, 5.41) is 24.4. The summed E-state index contributed by atoms with van der Waals surface area (Å²) in [4.78, 5) is 220. The molecule has 0 bridgehead atoms. The van der Waals surface area contributed by atoms with Crippen molar-refractivity contribution in [2.24, 2.45) is 5.73 Å². The standard InChI is InChI=1S/C78H126N10O36/c1-46(90)86-66-72(116-45-89)69(117-52(7)96)57(39-113-49(4)93)122-75(66)110-33-15-12-21-60(101)80-27-18-30-83-63(104)24-36-107-42-78(79,43-108-37-25-64(105)84-31-19-28-81-61(102)22-13-16-34-111-76-67(87-47(2)91)73(120-55(10)99)70(118-53(8)97)58(123-76)40-114-50(5)94)44-109-38-26-65(106)85-32-20-29-82-62(103)23-14-17-35-112-77-68(88-48(3)92)74(121-56(11)100)71(119-54(9)98)59(124-77)41-115-51(6)95/h45,57-59,66-77H,12-44,79H2,1-11H3,(H,80,101)(H,81,102)(H,82,103)(H,83,104)(H,84,105)(H,85,106)(H,86,90)(H,87,91)(H,88,92)/t57-,58-,59-,66-,67-,68-,69+,70+,71+,72-,73-,74-,75-,76-,77-/m1/s1. The Kier molecular flexibility index (Phi) is 52.9. The van der Waals surface area contributed by atoms with Crippen LogP contribution in [0.1, 0.15) is 172 Å². The molecule has 0 unspecified atom stereocenters. The van der Waals surface area contributed by atoms with Crippen molar-refractivity contribution in [2.75, 3.05) is 119 Å². The van der Waals surface area contributed by atoms with Crippen LogP contribution in [-0.2, 0) is 172 Å². The van der Waals surface area contributed by atoms with E-state index in [-0.39, 0.29) is 179 Å². The number of ether oxygens (including phenoxy) is 18. The third kappa shape index (κ3) is 46.7. The van der Waals surface area contributed by atoms with Gasteiger partial charge in [0.25, 0.3) is 6.47 Å². The van der Waals surface area contributed by atoms with E-state index >= 15 is 0 Å². The largest absolute Gasteiger partial charge is 0.463 e. The fourth-order valence-corrected chi connectivity index (χ4v) is 12.6. The van der Waals surface area contributed by atoms with Crippen LogP contribution in [0.3, 0.4) is 0 Å². The maximum absolute atomic E-state index is 12.9. The van der Waals surface area contributed by atoms with Gasteiger partial charge >= 0.3 is 47.8 Å². The van der Waals surface area contributed by atoms with Crippen LogP contribution >= 0.6 is 0 Å². The Bertz CT molecular complexity index is 3290. The molecule has 704 valence electrons. The molecule has 124 heavy (non-hydrogen) atoms. The first kappa shape index (κ1) is 108. The normalized spacial score (nSPS) is 22.1. The Hall–Kier alpha value is -9.94. The zero-order chi connectivity index (χ0) is 92.1. The minimum Gasteiger partial charge on any atom is -0.463 e. The van der Waals surface area contributed by atoms with E-state index in [0.717, 1.165) is 55.4 Å². The first-order chi connectivity index (χ1) is 58.9. The number of unbranched alkanes of at least 4 members (excludes halogenated alkanes) is 3. The molecule has 0 spiro atoms. The highest BCUT2D eigenvalue weighted by molar-refractivity contribution is 5.79. The highest BCUT2D eigenvalue weighted by Gasteiger charge is 2.54. The second-order valence-electron chi connectivity index (χ2n) is 29.2. The third-order valence-electron chi connectivity index (χ3n) is 17.9. The van der Waals surface area contributed by atoms with Gasteiger partial charge in [-0.3, -0.25) is 86.3 Å². The maximum Gasteiger partial charge on any atom is 0.303 e. The van der Waals surface area contributed by atoms with Crippen LogP contribution in [0.25, 0.3) is 0 Å². The Morgan fingerprint density at radius 3 is 0.790 bits per heavy atom. The van der Waals surface area contributed by atoms with Crippen LogP contribution in [0.15, 0.2) is 0 Å². The number of rotatable bonds is 61. The van der Waals surface area contributed by atoms with E-state index < -0.39 is 183 Å². The second kappa shape index (κ2) is 60.6. The first-order valence-corrected chi connectivity index (χ1v) is 41.0. The molecule has 15 atom stereocenters. The zero-order valence-corrected chi connectivity index (χ0v) is 72.3. The molecular weight excluding hydrogens is 1650 g/mol. The van der Waals surface area contributed by atoms with Gasteiger partial charge in [-0.05, 0) is 57.8 Å². The topological polar surface area (TPSA) is 608 Å². The van der Waals surface area contributed by atoms with Crippen molar-refractivity contribution in [1.82, 2.24) is 47.9 Å². The summed E-state index contributed by atoms with van der Waals surface area (Å²) in [7, 11) is 0. The number of carbonyl (C=O) groups is 18. The number of nitrogens with one attached hydrogen (secondary N) is 9. The van der Waals surface area contributed by atoms with E-state index in [9.17, 15) is 86.3 Å². The number of esters is 8. The number of nitrogens with two attached hydrogens (primary N) is 1. The summed E-state index contributed by atoms with van der Waals surface area (Å²) in [6.45, 7) is 12.0. The quantitative estimate of drug-likeness (QED) is 0.0125. The summed E-state index contributed by atoms with van der Waals surface area (Å²) in [5.74, 6) is -9.41. The SMILES string of the molecule is CC(=O)N[C@H]1[C@H](OCCCCC(=O)NCCCNC(=O)CCOCC(N)(COCCC(=O)NCCCNC(=O)CCCCO[C@@H]2O[C@H](COC(C)=O)[C@H](OC(C)=O)[C@H](OC(C)=O)[C@H]2NC(C)=O)COCCC(=O)NCCCNC(=O)CCCCO[C@@H]2O[C@H](COC(C)=O)[C@H](OC(C)=O)[C@H](OC(C)=O)[C@H]2NC(C)=O)O[C@H](COC(C)=O)[C@H](OC(C)=O)[C@@H]1OC=O. The minimum absolute atomic E-state index is 0.00480. The Morgan fingerprint density at radius 2 is 0.548 bits per heavy atom. The van der Waals surface area contributed by atoms with Crippen molar-refractivity contribution in [3.05, 3.63) is 0 Å². The van der Waals surface area contributed by atoms with Gasteiger partial charge in [0.1, 0.15) is 56.3 Å². The van der Waals surface area contributed by atoms with Gasteiger partial charge in [0, 0.05) is 174 Å². The van der Waals surface area contributed by atoms with Crippen LogP contribution in [0.4, 0.5) is 0 Å². The lowest BCUT2D eigenvalue weighted by molar-refractivity contribution is -0.277. The Morgan fingerprint density at radius 1 is 0.306 bits per heavy atom. The lowest BCUT2D eigenvalue weighted by Gasteiger charge is -2.44. The van der Waals surface area contributed by atoms with Crippen molar-refractivity contribution in [2.45, 2.75) is 270 Å². The molecule has 0 aromatic carbocycles. The molecule has 3 fully saturated rings. The van der Waals surface area contributed by atoms with Gasteiger partial charge in [0.05, 0.1) is 45.2 Å². The fraction of sp³-hybridized carbons (Fsp3) is 0.769. The monoisotopic (exact) mass is 1780 g/mol. The van der Waals surface area contributed by atoms with E-state index in [1.165, 1.54) is 20.8 Å². The average Bonchev–Trinajstić information content (AvgIpc) is 0.810. The summed E-state index contributed by atoms with van der Waals surface area (Å²) in [6, 6.07) is -3.46. The predicted octanol–water partition coefficient (Wildman–Crippen LogP) is -3.09. The molecule has 0 saturated carbocycles. The van der Waals surface area contributed by atoms with E-state index in [0.29, 0.717) is 57.8 Å². The summed E-state index contributed by atoms with van der Waals surface area (Å²) in [6.07, 6.45) is -11.8. The molecule has 46 heteroatoms. The van der Waals surface area contributed by atoms with Crippen molar-refractivity contribution in [3.8, 4) is 0 Å². The molecule has 0 aromatic heterocycles. The highest BCUT2D eigenvalue weighted by Crippen LogP contribution is 2.32. The van der Waals surface area contributed by atoms with Gasteiger partial charge in [0.15, 0.2) is 55.5 Å². The van der Waals surface area contributed by atoms with Gasteiger partial charge in [-0.1, -0.05) is 0 Å². The molecule has 0 aliphatic carbocycles. The predicted molar refractivity (Wildman–Crippen MR) is 422 cm³/mol. The fourth-order valence-electron chi connectivity index (χ4n) is 12.6. The molecule has 3 aliphatic rings. The van der Waals surface area contributed by atoms with Crippen molar-refractivity contribution < 1.29 is 172 Å². The van der Waals surface area contributed by atoms with Gasteiger partial charge in [-0.15, -0.1) is 0 Å². The van der Waals surface area contributed by atoms with Crippen LogP contribution in [0.5, 0.6) is 0 Å². The van der Waals surface area contributed by atoms with Crippen LogP contribution in [0.2, 0.25) is 0 Å². The number of amides is 9. The van der Waals surface area contributed by atoms with Gasteiger partial charge in [0.2, 0.25) is 53.2 Å². The lowest BCUT2D eigenvalue weighted by Crippen LogP contribution is -2.66. The third-order valence-corrected chi connectivity index (χ3v) is 17.9. The molecule has 3 heterocycles. The smallest absolute Gasteiger partial charge is 0.303 e. The second-order valence-corrected chi connectivity index (χ2v) is 29.2. The average molecular weight is 1780 g/mol. The highest BCUT2D eigenvalue weighted by atomic mass is 16.7. The maximum atomic E-state index is 12.9. The molecule has 46 nitrogen and oxygen atoms in total. The van der Waals surface area contributed by atoms with E-state index in [1.54, 1.807) is 0 Å². The van der Waals surface area contributed by atoms with E-state index in [4.69, 9.17) is 91.0 Å². The molecule has 0 aromatic rings. The molecule has 0 radical (unpaired) electrons. The van der Waals surface area contributed by atoms with Gasteiger partial charge < -0.3 is 139 Å². The number of hydrogen-bond acceptors (Lipinski definition) is 37. The van der Waals surface area contributed by atoms with Crippen LogP contribution in [0, 0.1) is 0 Å². The number of carbonyl (C=O) groups excluding carboxylic acids is 18. The summed E-state index contributed by atoms with van der Waals surface area (Å²) < 4.78 is 101. The van der Waals surface area contributed by atoms with Gasteiger partial charge in [-0.2, -0.15) is 0 Å². The van der Waals surface area contributed by atoms with Crippen LogP contribution in [-0.4, -0.2) is 323 Å². The molecule has 3 saturated heterocycles. The molecular formula is C78H126N10O36. The molecule has 3 rings (SSSR count). The van der Waals surface area contributed by atoms with Crippen molar-refractivity contribution in [3.63, 3.8) is 0 Å². The van der Waals surface area contributed by atoms with Crippen molar-refractivity contribution in [1.29, 1.82) is 0 Å². The lowest BCUT2D eigenvalue weighted by atomic mass is 9.96. The van der Waals surface area contributed by atoms with Gasteiger partial charge in [-0.25, -0.2) is 0 Å². The minimum atomic E-state index is -1.35. The summed E-state index contributed by atoms with van der Waals surface area (Å²) >= 11 is 0. The van der Waals surface area contributed by atoms with E-state index in [2.05, 4.69) is 47.9 Å². The van der Waals surface area contributed by atoms with Crippen molar-refractivity contribution >= 4 is 107 Å². The first-order valence-electron chi connectivity index (χ1n) is 41.0. The van der Waals surface area contributed by atoms with Crippen LogP contribution < -0.4 is 53.6 Å². The van der Waals surface area contributed by atoms with E-state index in [1.807, 2.05) is 0 Å². The number of hydrogen-bond donors (Lipinski definition) is 10. The Labute approximate surface area is 718 Å².